The monoisotopic (exact) mass is 178 g/mol. The van der Waals surface area contributed by atoms with Crippen LogP contribution in [0.5, 0.6) is 0 Å². The van der Waals surface area contributed by atoms with Crippen molar-refractivity contribution in [1.29, 1.82) is 0 Å². The molecule has 0 amide bonds. The van der Waals surface area contributed by atoms with Crippen LogP contribution in [0.15, 0.2) is 0 Å². The third-order valence-electron chi connectivity index (χ3n) is 2.10. The average molecular weight is 178 g/mol. The van der Waals surface area contributed by atoms with E-state index in [4.69, 9.17) is 4.74 Å². The molecule has 10 heavy (non-hydrogen) atoms. The van der Waals surface area contributed by atoms with Gasteiger partial charge in [0.2, 0.25) is 0 Å². The van der Waals surface area contributed by atoms with Gasteiger partial charge in [0.1, 0.15) is 0 Å². The molecule has 0 radical (unpaired) electrons. The van der Waals surface area contributed by atoms with Crippen LogP contribution in [-0.2, 0) is 4.74 Å². The zero-order valence-electron chi connectivity index (χ0n) is 6.25. The van der Waals surface area contributed by atoms with Gasteiger partial charge in [0.15, 0.2) is 0 Å². The molecule has 0 bridgehead atoms. The second-order valence-corrected chi connectivity index (χ2v) is 4.35. The quantitative estimate of drug-likeness (QED) is 0.513. The lowest BCUT2D eigenvalue weighted by molar-refractivity contribution is 0.0670. The summed E-state index contributed by atoms with van der Waals surface area (Å²) in [4.78, 5) is 0. The van der Waals surface area contributed by atoms with Crippen molar-refractivity contribution in [1.82, 2.24) is 0 Å². The zero-order chi connectivity index (χ0) is 7.40. The highest BCUT2D eigenvalue weighted by atomic mass is 33.1. The molecule has 1 atom stereocenters. The Bertz CT molecular complexity index is 91.6. The van der Waals surface area contributed by atoms with E-state index in [-0.39, 0.29) is 0 Å². The van der Waals surface area contributed by atoms with Crippen molar-refractivity contribution in [3.63, 3.8) is 0 Å². The van der Waals surface area contributed by atoms with Crippen LogP contribution in [0.2, 0.25) is 0 Å². The Labute approximate surface area is 71.7 Å². The predicted octanol–water partition coefficient (Wildman–Crippen LogP) is 2.38. The van der Waals surface area contributed by atoms with Crippen molar-refractivity contribution < 1.29 is 4.74 Å². The first kappa shape index (κ1) is 8.75. The Morgan fingerprint density at radius 1 is 1.50 bits per heavy atom. The summed E-state index contributed by atoms with van der Waals surface area (Å²) in [6, 6.07) is 0. The molecular weight excluding hydrogens is 164 g/mol. The summed E-state index contributed by atoms with van der Waals surface area (Å²) in [6.45, 7) is 4.14. The molecule has 0 saturated carbocycles. The van der Waals surface area contributed by atoms with Crippen LogP contribution in [0.1, 0.15) is 19.8 Å². The maximum atomic E-state index is 5.26. The Kier molecular flexibility index (Phi) is 3.96. The number of hydrogen-bond donors (Lipinski definition) is 1. The molecule has 1 nitrogen and oxygen atoms in total. The van der Waals surface area contributed by atoms with E-state index in [9.17, 15) is 0 Å². The molecule has 0 aliphatic carbocycles. The van der Waals surface area contributed by atoms with Crippen molar-refractivity contribution in [3.8, 4) is 0 Å². The minimum Gasteiger partial charge on any atom is -0.381 e. The van der Waals surface area contributed by atoms with Gasteiger partial charge in [-0.1, -0.05) is 17.7 Å². The van der Waals surface area contributed by atoms with Crippen LogP contribution in [0, 0.1) is 5.92 Å². The van der Waals surface area contributed by atoms with Gasteiger partial charge in [-0.15, -0.1) is 11.7 Å². The summed E-state index contributed by atoms with van der Waals surface area (Å²) in [6.07, 6.45) is 2.43. The summed E-state index contributed by atoms with van der Waals surface area (Å²) in [7, 11) is 1.67. The molecule has 1 aliphatic heterocycles. The lowest BCUT2D eigenvalue weighted by Crippen LogP contribution is -2.22. The third-order valence-corrected chi connectivity index (χ3v) is 3.81. The zero-order valence-corrected chi connectivity index (χ0v) is 7.96. The fourth-order valence-electron chi connectivity index (χ4n) is 1.27. The highest BCUT2D eigenvalue weighted by molar-refractivity contribution is 8.68. The molecule has 0 spiro atoms. The first-order valence-electron chi connectivity index (χ1n) is 3.72. The molecule has 0 N–H and O–H groups in total. The molecule has 1 heterocycles. The van der Waals surface area contributed by atoms with Crippen LogP contribution >= 0.6 is 22.5 Å². The highest BCUT2D eigenvalue weighted by Gasteiger charge is 2.19. The molecule has 1 rings (SSSR count). The van der Waals surface area contributed by atoms with Crippen LogP contribution in [0.25, 0.3) is 0 Å². The molecule has 60 valence electrons. The van der Waals surface area contributed by atoms with Gasteiger partial charge in [0.25, 0.3) is 0 Å². The molecule has 3 heteroatoms. The van der Waals surface area contributed by atoms with Crippen molar-refractivity contribution in [2.75, 3.05) is 13.2 Å². The number of ether oxygens (including phenoxy) is 1. The maximum absolute atomic E-state index is 5.26. The molecule has 0 aromatic rings. The van der Waals surface area contributed by atoms with E-state index in [0.717, 1.165) is 19.1 Å². The van der Waals surface area contributed by atoms with E-state index in [2.05, 4.69) is 18.6 Å². The molecule has 1 fully saturated rings. The summed E-state index contributed by atoms with van der Waals surface area (Å²) < 4.78 is 5.26. The van der Waals surface area contributed by atoms with Gasteiger partial charge in [-0.3, -0.25) is 0 Å². The molecule has 0 aromatic carbocycles. The van der Waals surface area contributed by atoms with Gasteiger partial charge < -0.3 is 4.74 Å². The Balaban J connectivity index is 2.24. The van der Waals surface area contributed by atoms with Gasteiger partial charge in [-0.2, -0.15) is 0 Å². The second kappa shape index (κ2) is 4.52. The van der Waals surface area contributed by atoms with Gasteiger partial charge in [-0.25, -0.2) is 0 Å². The van der Waals surface area contributed by atoms with Crippen molar-refractivity contribution in [2.24, 2.45) is 5.92 Å². The van der Waals surface area contributed by atoms with Gasteiger partial charge in [0.05, 0.1) is 0 Å². The fraction of sp³-hybridized carbons (Fsp3) is 1.00. The number of thiol groups is 1. The molecule has 0 aromatic heterocycles. The minimum atomic E-state index is 0.687. The van der Waals surface area contributed by atoms with E-state index in [1.165, 1.54) is 12.8 Å². The Hall–Kier alpha value is 0.660. The lowest BCUT2D eigenvalue weighted by atomic mass is 9.97. The smallest absolute Gasteiger partial charge is 0.0469 e. The standard InChI is InChI=1S/C7H14OS2/c1-6(10-9)7-2-4-8-5-3-7/h6-7,9H,2-5H2,1H3. The molecule has 1 unspecified atom stereocenters. The molecular formula is C7H14OS2. The van der Waals surface area contributed by atoms with Crippen LogP contribution in [0.3, 0.4) is 0 Å². The summed E-state index contributed by atoms with van der Waals surface area (Å²) >= 11 is 4.20. The predicted molar refractivity (Wildman–Crippen MR) is 49.6 cm³/mol. The largest absolute Gasteiger partial charge is 0.381 e. The third kappa shape index (κ3) is 2.36. The summed E-state index contributed by atoms with van der Waals surface area (Å²) in [5, 5.41) is 0.687. The topological polar surface area (TPSA) is 9.23 Å². The van der Waals surface area contributed by atoms with Gasteiger partial charge in [0, 0.05) is 18.5 Å². The Morgan fingerprint density at radius 2 is 2.10 bits per heavy atom. The second-order valence-electron chi connectivity index (χ2n) is 2.76. The van der Waals surface area contributed by atoms with Gasteiger partial charge >= 0.3 is 0 Å². The number of hydrogen-bond acceptors (Lipinski definition) is 3. The van der Waals surface area contributed by atoms with Crippen molar-refractivity contribution >= 4 is 22.5 Å². The van der Waals surface area contributed by atoms with Crippen LogP contribution in [0.4, 0.5) is 0 Å². The average Bonchev–Trinajstić information content (AvgIpc) is 2.05. The highest BCUT2D eigenvalue weighted by Crippen LogP contribution is 2.29. The first-order chi connectivity index (χ1) is 4.84. The normalized spacial score (nSPS) is 24.6. The van der Waals surface area contributed by atoms with E-state index in [1.807, 2.05) is 0 Å². The molecule has 1 aliphatic rings. The van der Waals surface area contributed by atoms with Crippen molar-refractivity contribution in [3.05, 3.63) is 0 Å². The van der Waals surface area contributed by atoms with Gasteiger partial charge in [-0.05, 0) is 18.8 Å². The van der Waals surface area contributed by atoms with Crippen molar-refractivity contribution in [2.45, 2.75) is 25.0 Å². The Morgan fingerprint density at radius 3 is 2.60 bits per heavy atom. The van der Waals surface area contributed by atoms with E-state index < -0.39 is 0 Å². The maximum Gasteiger partial charge on any atom is 0.0469 e. The summed E-state index contributed by atoms with van der Waals surface area (Å²) in [5.74, 6) is 0.830. The fourth-order valence-corrected chi connectivity index (χ4v) is 2.23. The first-order valence-corrected chi connectivity index (χ1v) is 5.65. The van der Waals surface area contributed by atoms with E-state index >= 15 is 0 Å². The minimum absolute atomic E-state index is 0.687. The SMILES string of the molecule is CC(SS)C1CCOCC1. The van der Waals surface area contributed by atoms with E-state index in [1.54, 1.807) is 10.8 Å². The lowest BCUT2D eigenvalue weighted by Gasteiger charge is -2.25. The number of rotatable bonds is 2. The van der Waals surface area contributed by atoms with E-state index in [0.29, 0.717) is 5.25 Å². The molecule has 1 saturated heterocycles. The summed E-state index contributed by atoms with van der Waals surface area (Å²) in [5.41, 5.74) is 0. The van der Waals surface area contributed by atoms with Crippen LogP contribution < -0.4 is 0 Å². The van der Waals surface area contributed by atoms with Crippen LogP contribution in [-0.4, -0.2) is 18.5 Å².